The number of fused-ring (bicyclic) bond motifs is 1. The second kappa shape index (κ2) is 8.95. The van der Waals surface area contributed by atoms with Gasteiger partial charge < -0.3 is 4.74 Å². The molecule has 0 bridgehead atoms. The van der Waals surface area contributed by atoms with Crippen molar-refractivity contribution >= 4 is 44.1 Å². The van der Waals surface area contributed by atoms with E-state index in [4.69, 9.17) is 27.9 Å². The van der Waals surface area contributed by atoms with Gasteiger partial charge in [-0.15, -0.1) is 0 Å². The normalized spacial score (nSPS) is 16.8. The Morgan fingerprint density at radius 3 is 2.45 bits per heavy atom. The van der Waals surface area contributed by atoms with Crippen molar-refractivity contribution in [3.8, 4) is 16.9 Å². The molecular formula is C25H20Cl2N2O3S. The molecule has 1 atom stereocenters. The lowest BCUT2D eigenvalue weighted by atomic mass is 10.1. The average molecular weight is 499 g/mol. The molecule has 1 aromatic heterocycles. The lowest BCUT2D eigenvalue weighted by molar-refractivity contribution is 0.218. The number of sulfonamides is 1. The van der Waals surface area contributed by atoms with Crippen LogP contribution in [0.1, 0.15) is 6.42 Å². The van der Waals surface area contributed by atoms with E-state index in [0.29, 0.717) is 35.3 Å². The Morgan fingerprint density at radius 2 is 1.67 bits per heavy atom. The number of nitrogens with zero attached hydrogens (tertiary/aromatic N) is 2. The predicted molar refractivity (Wildman–Crippen MR) is 131 cm³/mol. The number of hydrogen-bond acceptors (Lipinski definition) is 4. The molecule has 168 valence electrons. The molecule has 0 N–H and O–H groups in total. The van der Waals surface area contributed by atoms with Crippen molar-refractivity contribution in [3.05, 3.63) is 89.0 Å². The summed E-state index contributed by atoms with van der Waals surface area (Å²) in [5.41, 5.74) is 2.50. The number of halogens is 2. The lowest BCUT2D eigenvalue weighted by Crippen LogP contribution is -2.31. The van der Waals surface area contributed by atoms with E-state index in [1.54, 1.807) is 42.6 Å². The van der Waals surface area contributed by atoms with E-state index in [9.17, 15) is 8.42 Å². The highest BCUT2D eigenvalue weighted by atomic mass is 35.5. The second-order valence-corrected chi connectivity index (χ2v) is 10.6. The molecule has 5 nitrogen and oxygen atoms in total. The molecule has 33 heavy (non-hydrogen) atoms. The maximum Gasteiger partial charge on any atom is 0.243 e. The zero-order valence-electron chi connectivity index (χ0n) is 17.5. The van der Waals surface area contributed by atoms with Crippen LogP contribution in [-0.4, -0.2) is 36.9 Å². The first-order valence-electron chi connectivity index (χ1n) is 10.5. The third-order valence-corrected chi connectivity index (χ3v) is 8.36. The minimum Gasteiger partial charge on any atom is -0.487 e. The Bertz CT molecular complexity index is 1420. The highest BCUT2D eigenvalue weighted by Crippen LogP contribution is 2.31. The third-order valence-electron chi connectivity index (χ3n) is 5.74. The molecule has 1 unspecified atom stereocenters. The van der Waals surface area contributed by atoms with Crippen LogP contribution < -0.4 is 4.74 Å². The van der Waals surface area contributed by atoms with Crippen molar-refractivity contribution in [3.63, 3.8) is 0 Å². The Balaban J connectivity index is 1.31. The minimum atomic E-state index is -3.63. The van der Waals surface area contributed by atoms with E-state index >= 15 is 0 Å². The molecule has 1 fully saturated rings. The standard InChI is InChI=1S/C25H20Cl2N2O3S/c26-22-11-8-19(15-23(22)27)17-6-9-21(10-7-17)33(30,31)29-14-12-20(16-29)32-24-5-1-3-18-4-2-13-28-25(18)24/h1-11,13,15,20H,12,14,16H2. The fraction of sp³-hybridized carbons (Fsp3) is 0.160. The van der Waals surface area contributed by atoms with E-state index in [-0.39, 0.29) is 11.0 Å². The fourth-order valence-corrected chi connectivity index (χ4v) is 5.79. The second-order valence-electron chi connectivity index (χ2n) is 7.88. The summed E-state index contributed by atoms with van der Waals surface area (Å²) in [6.07, 6.45) is 2.11. The van der Waals surface area contributed by atoms with E-state index in [1.165, 1.54) is 4.31 Å². The Kier molecular flexibility index (Phi) is 6.01. The van der Waals surface area contributed by atoms with Gasteiger partial charge in [0.1, 0.15) is 17.4 Å². The monoisotopic (exact) mass is 498 g/mol. The smallest absolute Gasteiger partial charge is 0.243 e. The van der Waals surface area contributed by atoms with Gasteiger partial charge in [0.15, 0.2) is 0 Å². The molecular weight excluding hydrogens is 479 g/mol. The van der Waals surface area contributed by atoms with Crippen LogP contribution in [-0.2, 0) is 10.0 Å². The van der Waals surface area contributed by atoms with E-state index in [2.05, 4.69) is 4.98 Å². The van der Waals surface area contributed by atoms with E-state index in [0.717, 1.165) is 22.0 Å². The number of para-hydroxylation sites is 1. The van der Waals surface area contributed by atoms with Crippen molar-refractivity contribution in [2.75, 3.05) is 13.1 Å². The fourth-order valence-electron chi connectivity index (χ4n) is 4.01. The summed E-state index contributed by atoms with van der Waals surface area (Å²) in [7, 11) is -3.63. The Hall–Kier alpha value is -2.64. The van der Waals surface area contributed by atoms with Gasteiger partial charge in [-0.1, -0.05) is 59.6 Å². The highest BCUT2D eigenvalue weighted by molar-refractivity contribution is 7.89. The summed E-state index contributed by atoms with van der Waals surface area (Å²) in [6.45, 7) is 0.694. The summed E-state index contributed by atoms with van der Waals surface area (Å²) in [4.78, 5) is 4.66. The van der Waals surface area contributed by atoms with Crippen molar-refractivity contribution in [1.82, 2.24) is 9.29 Å². The van der Waals surface area contributed by atoms with Crippen LogP contribution in [0.3, 0.4) is 0 Å². The number of rotatable bonds is 5. The average Bonchev–Trinajstić information content (AvgIpc) is 3.31. The first kappa shape index (κ1) is 22.2. The van der Waals surface area contributed by atoms with Gasteiger partial charge in [-0.2, -0.15) is 4.31 Å². The SMILES string of the molecule is O=S(=O)(c1ccc(-c2ccc(Cl)c(Cl)c2)cc1)N1CCC(Oc2cccc3cccnc23)C1. The van der Waals surface area contributed by atoms with Crippen LogP contribution in [0, 0.1) is 0 Å². The number of aromatic nitrogens is 1. The topological polar surface area (TPSA) is 59.5 Å². The molecule has 1 aliphatic heterocycles. The molecule has 1 aliphatic rings. The molecule has 0 aliphatic carbocycles. The number of ether oxygens (including phenoxy) is 1. The Morgan fingerprint density at radius 1 is 0.909 bits per heavy atom. The summed E-state index contributed by atoms with van der Waals surface area (Å²) in [5, 5.41) is 1.92. The lowest BCUT2D eigenvalue weighted by Gasteiger charge is -2.18. The van der Waals surface area contributed by atoms with Crippen molar-refractivity contribution in [1.29, 1.82) is 0 Å². The first-order chi connectivity index (χ1) is 15.9. The van der Waals surface area contributed by atoms with Gasteiger partial charge >= 0.3 is 0 Å². The van der Waals surface area contributed by atoms with Gasteiger partial charge in [-0.05, 0) is 53.9 Å². The number of pyridine rings is 1. The number of hydrogen-bond donors (Lipinski definition) is 0. The summed E-state index contributed by atoms with van der Waals surface area (Å²) >= 11 is 12.1. The first-order valence-corrected chi connectivity index (χ1v) is 12.7. The molecule has 0 radical (unpaired) electrons. The highest BCUT2D eigenvalue weighted by Gasteiger charge is 2.34. The largest absolute Gasteiger partial charge is 0.487 e. The van der Waals surface area contributed by atoms with Crippen molar-refractivity contribution in [2.45, 2.75) is 17.4 Å². The van der Waals surface area contributed by atoms with Gasteiger partial charge in [0.25, 0.3) is 0 Å². The van der Waals surface area contributed by atoms with Crippen molar-refractivity contribution in [2.24, 2.45) is 0 Å². The zero-order chi connectivity index (χ0) is 23.0. The molecule has 8 heteroatoms. The molecule has 4 aromatic rings. The predicted octanol–water partition coefficient (Wildman–Crippen LogP) is 6.05. The van der Waals surface area contributed by atoms with Crippen molar-refractivity contribution < 1.29 is 13.2 Å². The van der Waals surface area contributed by atoms with Gasteiger partial charge in [-0.25, -0.2) is 8.42 Å². The molecule has 3 aromatic carbocycles. The van der Waals surface area contributed by atoms with Gasteiger partial charge in [0, 0.05) is 18.1 Å². The Labute approximate surface area is 202 Å². The van der Waals surface area contributed by atoms with Gasteiger partial charge in [0.2, 0.25) is 10.0 Å². The van der Waals surface area contributed by atoms with Crippen LogP contribution in [0.5, 0.6) is 5.75 Å². The molecule has 2 heterocycles. The third kappa shape index (κ3) is 4.44. The zero-order valence-corrected chi connectivity index (χ0v) is 19.8. The molecule has 1 saturated heterocycles. The molecule has 0 amide bonds. The van der Waals surface area contributed by atoms with Gasteiger partial charge in [0.05, 0.1) is 21.5 Å². The summed E-state index contributed by atoms with van der Waals surface area (Å²) in [5.74, 6) is 0.670. The van der Waals surface area contributed by atoms with Crippen LogP contribution in [0.2, 0.25) is 10.0 Å². The molecule has 0 spiro atoms. The van der Waals surface area contributed by atoms with E-state index < -0.39 is 10.0 Å². The summed E-state index contributed by atoms with van der Waals surface area (Å²) in [6, 6.07) is 21.7. The van der Waals surface area contributed by atoms with Crippen LogP contribution in [0.4, 0.5) is 0 Å². The number of benzene rings is 3. The maximum absolute atomic E-state index is 13.2. The van der Waals surface area contributed by atoms with E-state index in [1.807, 2.05) is 36.4 Å². The van der Waals surface area contributed by atoms with Gasteiger partial charge in [-0.3, -0.25) is 4.98 Å². The molecule has 0 saturated carbocycles. The minimum absolute atomic E-state index is 0.233. The summed E-state index contributed by atoms with van der Waals surface area (Å²) < 4.78 is 34.1. The van der Waals surface area contributed by atoms with Crippen LogP contribution >= 0.6 is 23.2 Å². The maximum atomic E-state index is 13.2. The van der Waals surface area contributed by atoms with Crippen LogP contribution in [0.25, 0.3) is 22.0 Å². The van der Waals surface area contributed by atoms with Crippen LogP contribution in [0.15, 0.2) is 83.9 Å². The quantitative estimate of drug-likeness (QED) is 0.336. The molecule has 5 rings (SSSR count).